The van der Waals surface area contributed by atoms with Crippen LogP contribution in [0.1, 0.15) is 31.8 Å². The first-order valence-electron chi connectivity index (χ1n) is 20.6. The molecule has 63 heavy (non-hydrogen) atoms. The second-order valence-electron chi connectivity index (χ2n) is 14.5. The summed E-state index contributed by atoms with van der Waals surface area (Å²) in [5.41, 5.74) is 3.44. The number of rotatable bonds is 15. The van der Waals surface area contributed by atoms with E-state index in [2.05, 4.69) is 21.3 Å². The Balaban J connectivity index is 0.000000598. The molecule has 0 heterocycles. The van der Waals surface area contributed by atoms with Gasteiger partial charge in [0.15, 0.2) is 0 Å². The molecule has 0 unspecified atom stereocenters. The van der Waals surface area contributed by atoms with Crippen molar-refractivity contribution in [2.75, 3.05) is 13.1 Å². The maximum Gasteiger partial charge on any atom is 2.00 e. The van der Waals surface area contributed by atoms with E-state index in [4.69, 9.17) is 0 Å². The zero-order valence-electron chi connectivity index (χ0n) is 34.8. The third kappa shape index (κ3) is 16.4. The minimum atomic E-state index is -0.859. The summed E-state index contributed by atoms with van der Waals surface area (Å²) >= 11 is 0. The van der Waals surface area contributed by atoms with E-state index in [0.717, 1.165) is 23.0 Å². The molecule has 4 saturated carbocycles. The van der Waals surface area contributed by atoms with Gasteiger partial charge in [0.1, 0.15) is 12.1 Å². The van der Waals surface area contributed by atoms with Gasteiger partial charge in [-0.1, -0.05) is 97.1 Å². The predicted molar refractivity (Wildman–Crippen MR) is 245 cm³/mol. The summed E-state index contributed by atoms with van der Waals surface area (Å²) in [5, 5.41) is 11.8. The molecule has 8 rings (SSSR count). The molecule has 4 aliphatic carbocycles. The van der Waals surface area contributed by atoms with E-state index in [0.29, 0.717) is 35.3 Å². The van der Waals surface area contributed by atoms with Crippen LogP contribution in [-0.4, -0.2) is 48.8 Å². The molecule has 4 N–H and O–H groups in total. The van der Waals surface area contributed by atoms with E-state index in [9.17, 15) is 19.2 Å². The van der Waals surface area contributed by atoms with E-state index in [-0.39, 0.29) is 41.7 Å². The SMILES string of the molecule is O=C(N[C@@H](Cc1ccccc1)C(=O)NC[C]1[CH][CH][CH][CH]1)c1ccccc1-c1ccccc1C(=O)N[C@@H](Cc1ccccc1)C(=O)NC[C]1[CH][CH][CH][CH]1.[CH]1[CH][CH][CH][CH]1.[CH]1[CH][CH][CH][CH]1.[Fe+2]. The quantitative estimate of drug-likeness (QED) is 0.0954. The Morgan fingerprint density at radius 1 is 0.381 bits per heavy atom. The molecular formula is C54H50FeN4O4+2. The summed E-state index contributed by atoms with van der Waals surface area (Å²) in [5.74, 6) is 0.398. The summed E-state index contributed by atoms with van der Waals surface area (Å²) in [6.07, 6.45) is 35.9. The maximum absolute atomic E-state index is 14.1. The van der Waals surface area contributed by atoms with Crippen molar-refractivity contribution in [2.45, 2.75) is 24.9 Å². The van der Waals surface area contributed by atoms with Gasteiger partial charge in [0.2, 0.25) is 11.8 Å². The first-order chi connectivity index (χ1) is 30.4. The number of carbonyl (C=O) groups is 4. The van der Waals surface area contributed by atoms with Crippen LogP contribution in [0.25, 0.3) is 11.1 Å². The zero-order chi connectivity index (χ0) is 43.2. The maximum atomic E-state index is 14.1. The molecule has 9 heteroatoms. The van der Waals surface area contributed by atoms with Crippen molar-refractivity contribution in [1.29, 1.82) is 0 Å². The number of hydrogen-bond acceptors (Lipinski definition) is 4. The Morgan fingerprint density at radius 3 is 1.02 bits per heavy atom. The number of hydrogen-bond donors (Lipinski definition) is 4. The summed E-state index contributed by atoms with van der Waals surface area (Å²) in [4.78, 5) is 55.1. The summed E-state index contributed by atoms with van der Waals surface area (Å²) in [6.45, 7) is 0.672. The van der Waals surface area contributed by atoms with Crippen LogP contribution in [-0.2, 0) is 39.5 Å². The van der Waals surface area contributed by atoms with Crippen LogP contribution in [0.3, 0.4) is 0 Å². The van der Waals surface area contributed by atoms with Gasteiger partial charge in [-0.25, -0.2) is 0 Å². The van der Waals surface area contributed by atoms with Crippen molar-refractivity contribution in [3.05, 3.63) is 259 Å². The van der Waals surface area contributed by atoms with Gasteiger partial charge in [-0.05, 0) is 150 Å². The monoisotopic (exact) mass is 874 g/mol. The molecule has 0 spiro atoms. The fraction of sp³-hybridized carbons (Fsp3) is 0.111. The fourth-order valence-corrected chi connectivity index (χ4v) is 6.75. The molecule has 4 amide bonds. The van der Waals surface area contributed by atoms with Crippen LogP contribution in [0.2, 0.25) is 0 Å². The number of benzene rings is 4. The second-order valence-corrected chi connectivity index (χ2v) is 14.5. The Labute approximate surface area is 387 Å². The number of nitrogens with one attached hydrogen (secondary N) is 4. The normalized spacial score (nSPS) is 16.8. The zero-order valence-corrected chi connectivity index (χ0v) is 35.9. The van der Waals surface area contributed by atoms with Gasteiger partial charge in [0.25, 0.3) is 11.8 Å². The summed E-state index contributed by atoms with van der Waals surface area (Å²) in [6, 6.07) is 31.3. The largest absolute Gasteiger partial charge is 2.00 e. The Morgan fingerprint density at radius 2 is 0.683 bits per heavy atom. The van der Waals surface area contributed by atoms with Crippen LogP contribution in [0.15, 0.2) is 109 Å². The van der Waals surface area contributed by atoms with Crippen LogP contribution in [0.5, 0.6) is 0 Å². The minimum Gasteiger partial charge on any atom is -0.354 e. The molecule has 0 aromatic heterocycles. The fourth-order valence-electron chi connectivity index (χ4n) is 6.75. The molecule has 0 saturated heterocycles. The third-order valence-electron chi connectivity index (χ3n) is 9.95. The van der Waals surface area contributed by atoms with E-state index < -0.39 is 23.9 Å². The predicted octanol–water partition coefficient (Wildman–Crippen LogP) is 7.12. The third-order valence-corrected chi connectivity index (χ3v) is 9.95. The van der Waals surface area contributed by atoms with Crippen molar-refractivity contribution in [2.24, 2.45) is 0 Å². The Kier molecular flexibility index (Phi) is 21.5. The molecular weight excluding hydrogens is 824 g/mol. The van der Waals surface area contributed by atoms with E-state index >= 15 is 0 Å². The molecule has 316 valence electrons. The molecule has 4 fully saturated rings. The Bertz CT molecular complexity index is 1810. The van der Waals surface area contributed by atoms with Crippen molar-refractivity contribution in [1.82, 2.24) is 21.3 Å². The Hall–Kier alpha value is -4.72. The number of carbonyl (C=O) groups excluding carboxylic acids is 4. The van der Waals surface area contributed by atoms with Crippen LogP contribution >= 0.6 is 0 Å². The van der Waals surface area contributed by atoms with Crippen molar-refractivity contribution >= 4 is 23.6 Å². The molecule has 2 atom stereocenters. The van der Waals surface area contributed by atoms with Crippen LogP contribution < -0.4 is 21.3 Å². The van der Waals surface area contributed by atoms with Gasteiger partial charge in [-0.3, -0.25) is 19.2 Å². The molecule has 4 aromatic carbocycles. The van der Waals surface area contributed by atoms with Crippen LogP contribution in [0.4, 0.5) is 0 Å². The summed E-state index contributed by atoms with van der Waals surface area (Å²) < 4.78 is 0. The first-order valence-corrected chi connectivity index (χ1v) is 20.6. The summed E-state index contributed by atoms with van der Waals surface area (Å²) in [7, 11) is 0. The van der Waals surface area contributed by atoms with Gasteiger partial charge in [-0.2, -0.15) is 0 Å². The van der Waals surface area contributed by atoms with Gasteiger partial charge in [0, 0.05) is 48.9 Å². The van der Waals surface area contributed by atoms with Crippen molar-refractivity contribution in [3.63, 3.8) is 0 Å². The molecule has 8 nitrogen and oxygen atoms in total. The molecule has 4 aliphatic rings. The topological polar surface area (TPSA) is 116 Å². The van der Waals surface area contributed by atoms with Crippen molar-refractivity contribution < 1.29 is 36.2 Å². The van der Waals surface area contributed by atoms with Gasteiger partial charge in [0.05, 0.1) is 0 Å². The van der Waals surface area contributed by atoms with E-state index in [1.807, 2.05) is 176 Å². The first kappa shape index (κ1) is 49.3. The van der Waals surface area contributed by atoms with Gasteiger partial charge < -0.3 is 21.3 Å². The van der Waals surface area contributed by atoms with E-state index in [1.54, 1.807) is 48.5 Å². The van der Waals surface area contributed by atoms with Crippen molar-refractivity contribution in [3.8, 4) is 11.1 Å². The van der Waals surface area contributed by atoms with Gasteiger partial charge in [-0.15, -0.1) is 0 Å². The number of amides is 4. The van der Waals surface area contributed by atoms with Crippen LogP contribution in [0, 0.1) is 127 Å². The standard InChI is InChI=1S/C44H40N4O4.2C5H5.Fe/c49-41(47-39(27-31-15-3-1-4-16-31)43(51)45-29-33-19-7-8-20-33)37-25-13-11-23-35(37)36-24-12-14-26-38(36)42(50)48-40(28-32-17-5-2-6-18-32)44(52)46-30-34-21-9-10-22-34;2*1-2-4-5-3-1;/h1-26,39-40H,27-30H2,(H,45,51)(H,46,52)(H,47,49)(H,48,50);2*1-5H;/q;;;+2/t39-,40-;;;/m0.../s1. The second kappa shape index (κ2) is 27.5. The minimum absolute atomic E-state index is 0. The average Bonchev–Trinajstić information content (AvgIpc) is 4.18. The van der Waals surface area contributed by atoms with E-state index in [1.165, 1.54) is 0 Å². The van der Waals surface area contributed by atoms with Gasteiger partial charge >= 0.3 is 17.1 Å². The molecule has 0 bridgehead atoms. The molecule has 0 aliphatic heterocycles. The molecule has 20 radical (unpaired) electrons. The molecule has 4 aromatic rings. The average molecular weight is 875 g/mol. The smallest absolute Gasteiger partial charge is 0.354 e.